The highest BCUT2D eigenvalue weighted by Crippen LogP contribution is 2.24. The van der Waals surface area contributed by atoms with Crippen molar-refractivity contribution in [2.75, 3.05) is 0 Å². The third-order valence-electron chi connectivity index (χ3n) is 1.55. The highest BCUT2D eigenvalue weighted by atomic mass is 16.3. The van der Waals surface area contributed by atoms with Crippen molar-refractivity contribution in [3.05, 3.63) is 29.3 Å². The molecule has 0 radical (unpaired) electrons. The summed E-state index contributed by atoms with van der Waals surface area (Å²) >= 11 is 0. The Kier molecular flexibility index (Phi) is 4.40. The maximum absolute atomic E-state index is 9.30. The van der Waals surface area contributed by atoms with E-state index in [2.05, 4.69) is 0 Å². The normalized spacial score (nSPS) is 7.87. The third-order valence-corrected chi connectivity index (χ3v) is 1.55. The van der Waals surface area contributed by atoms with Gasteiger partial charge in [-0.1, -0.05) is 0 Å². The van der Waals surface area contributed by atoms with E-state index in [1.165, 1.54) is 24.3 Å². The zero-order chi connectivity index (χ0) is 10.6. The van der Waals surface area contributed by atoms with Crippen LogP contribution >= 0.6 is 0 Å². The van der Waals surface area contributed by atoms with Gasteiger partial charge >= 0.3 is 0 Å². The van der Waals surface area contributed by atoms with Crippen LogP contribution in [-0.4, -0.2) is 15.7 Å². The van der Waals surface area contributed by atoms with Gasteiger partial charge in [0.15, 0.2) is 0 Å². The lowest BCUT2D eigenvalue weighted by Gasteiger charge is -1.98. The number of aromatic hydroxyl groups is 2. The first-order chi connectivity index (χ1) is 6.67. The van der Waals surface area contributed by atoms with Crippen molar-refractivity contribution in [2.45, 2.75) is 0 Å². The van der Waals surface area contributed by atoms with Crippen LogP contribution in [0.25, 0.3) is 6.08 Å². The number of allylic oxidation sites excluding steroid dienone is 1. The fourth-order valence-corrected chi connectivity index (χ4v) is 0.903. The molecule has 0 aliphatic rings. The van der Waals surface area contributed by atoms with Gasteiger partial charge in [-0.15, -0.1) is 0 Å². The summed E-state index contributed by atoms with van der Waals surface area (Å²) in [6.07, 6.45) is 1.20. The van der Waals surface area contributed by atoms with Gasteiger partial charge in [0.2, 0.25) is 0 Å². The van der Waals surface area contributed by atoms with E-state index in [9.17, 15) is 5.11 Å². The summed E-state index contributed by atoms with van der Waals surface area (Å²) in [5, 5.41) is 35.3. The molecule has 15 heavy (non-hydrogen) atoms. The molecule has 76 valence electrons. The molecule has 0 amide bonds. The number of nitriles is 2. The number of benzene rings is 1. The Morgan fingerprint density at radius 3 is 2.33 bits per heavy atom. The average Bonchev–Trinajstić information content (AvgIpc) is 2.19. The second-order valence-corrected chi connectivity index (χ2v) is 2.52. The third kappa shape index (κ3) is 3.03. The van der Waals surface area contributed by atoms with Gasteiger partial charge in [-0.25, -0.2) is 0 Å². The van der Waals surface area contributed by atoms with Crippen molar-refractivity contribution in [3.63, 3.8) is 0 Å². The molecule has 0 fully saturated rings. The highest BCUT2D eigenvalue weighted by Gasteiger charge is 2.01. The number of phenolic OH excluding ortho intramolecular Hbond substituents is 2. The number of rotatable bonds is 1. The predicted octanol–water partition coefficient (Wildman–Crippen LogP) is 0.704. The van der Waals surface area contributed by atoms with E-state index in [0.717, 1.165) is 0 Å². The molecule has 0 spiro atoms. The molecule has 1 aromatic rings. The number of phenols is 2. The Morgan fingerprint density at radius 1 is 1.20 bits per heavy atom. The van der Waals surface area contributed by atoms with Crippen LogP contribution in [0, 0.1) is 22.7 Å². The smallest absolute Gasteiger partial charge is 0.130 e. The Balaban J connectivity index is 0.00000196. The van der Waals surface area contributed by atoms with Gasteiger partial charge in [0.05, 0.1) is 0 Å². The minimum absolute atomic E-state index is 0. The number of nitrogens with zero attached hydrogens (tertiary/aromatic N) is 2. The van der Waals surface area contributed by atoms with Crippen LogP contribution in [0.5, 0.6) is 11.5 Å². The Hall–Kier alpha value is -2.50. The highest BCUT2D eigenvalue weighted by molar-refractivity contribution is 5.67. The molecule has 1 rings (SSSR count). The summed E-state index contributed by atoms with van der Waals surface area (Å²) in [4.78, 5) is 0. The lowest BCUT2D eigenvalue weighted by Crippen LogP contribution is -1.77. The van der Waals surface area contributed by atoms with E-state index < -0.39 is 0 Å². The van der Waals surface area contributed by atoms with Gasteiger partial charge in [-0.05, 0) is 24.3 Å². The van der Waals surface area contributed by atoms with Crippen molar-refractivity contribution < 1.29 is 15.7 Å². The van der Waals surface area contributed by atoms with Gasteiger partial charge in [0.1, 0.15) is 29.2 Å². The van der Waals surface area contributed by atoms with Crippen molar-refractivity contribution in [1.82, 2.24) is 0 Å². The number of hydrogen-bond acceptors (Lipinski definition) is 4. The van der Waals surface area contributed by atoms with Crippen LogP contribution in [0.1, 0.15) is 5.56 Å². The molecule has 0 aliphatic carbocycles. The van der Waals surface area contributed by atoms with Crippen LogP contribution in [0.3, 0.4) is 0 Å². The maximum atomic E-state index is 9.30. The molecule has 5 nitrogen and oxygen atoms in total. The van der Waals surface area contributed by atoms with Gasteiger partial charge in [0.25, 0.3) is 0 Å². The van der Waals surface area contributed by atoms with Crippen molar-refractivity contribution in [3.8, 4) is 23.6 Å². The van der Waals surface area contributed by atoms with Gasteiger partial charge < -0.3 is 15.7 Å². The van der Waals surface area contributed by atoms with Crippen LogP contribution in [0.4, 0.5) is 0 Å². The quantitative estimate of drug-likeness (QED) is 0.516. The Morgan fingerprint density at radius 2 is 1.80 bits per heavy atom. The predicted molar refractivity (Wildman–Crippen MR) is 52.6 cm³/mol. The van der Waals surface area contributed by atoms with Crippen molar-refractivity contribution >= 4 is 6.08 Å². The summed E-state index contributed by atoms with van der Waals surface area (Å²) in [6, 6.07) is 7.17. The van der Waals surface area contributed by atoms with Crippen LogP contribution in [0.2, 0.25) is 0 Å². The van der Waals surface area contributed by atoms with E-state index in [1.807, 2.05) is 0 Å². The molecular weight excluding hydrogens is 196 g/mol. The van der Waals surface area contributed by atoms with E-state index in [0.29, 0.717) is 0 Å². The van der Waals surface area contributed by atoms with E-state index >= 15 is 0 Å². The molecule has 0 atom stereocenters. The van der Waals surface area contributed by atoms with E-state index in [-0.39, 0.29) is 28.1 Å². The van der Waals surface area contributed by atoms with Crippen molar-refractivity contribution in [1.29, 1.82) is 10.5 Å². The topological polar surface area (TPSA) is 120 Å². The lowest BCUT2D eigenvalue weighted by atomic mass is 10.1. The van der Waals surface area contributed by atoms with E-state index in [1.54, 1.807) is 12.1 Å². The molecule has 0 saturated carbocycles. The zero-order valence-electron chi connectivity index (χ0n) is 7.60. The minimum atomic E-state index is -0.133. The molecule has 0 unspecified atom stereocenters. The molecule has 0 bridgehead atoms. The summed E-state index contributed by atoms with van der Waals surface area (Å²) in [7, 11) is 0. The molecule has 0 aliphatic heterocycles. The zero-order valence-corrected chi connectivity index (χ0v) is 7.60. The summed E-state index contributed by atoms with van der Waals surface area (Å²) < 4.78 is 0. The summed E-state index contributed by atoms with van der Waals surface area (Å²) in [5.41, 5.74) is 0.106. The van der Waals surface area contributed by atoms with Gasteiger partial charge in [0, 0.05) is 5.56 Å². The summed E-state index contributed by atoms with van der Waals surface area (Å²) in [5.74, 6) is -0.130. The molecule has 1 aromatic carbocycles. The Labute approximate surface area is 86.1 Å². The standard InChI is InChI=1S/C10H6N2O2.H2O/c11-5-7(6-12)3-8-4-9(13)1-2-10(8)14;/h1-4,13-14H;1H2. The number of hydrogen-bond donors (Lipinski definition) is 2. The molecule has 0 heterocycles. The second kappa shape index (κ2) is 5.28. The largest absolute Gasteiger partial charge is 0.508 e. The van der Waals surface area contributed by atoms with Crippen molar-refractivity contribution in [2.24, 2.45) is 0 Å². The second-order valence-electron chi connectivity index (χ2n) is 2.52. The molecular formula is C10H8N2O3. The molecule has 4 N–H and O–H groups in total. The maximum Gasteiger partial charge on any atom is 0.130 e. The van der Waals surface area contributed by atoms with Gasteiger partial charge in [-0.2, -0.15) is 10.5 Å². The van der Waals surface area contributed by atoms with Crippen LogP contribution < -0.4 is 0 Å². The first-order valence-electron chi connectivity index (χ1n) is 3.71. The fraction of sp³-hybridized carbons (Fsp3) is 0. The SMILES string of the molecule is N#CC(C#N)=Cc1cc(O)ccc1O.O. The molecule has 0 saturated heterocycles. The Bertz CT molecular complexity index is 451. The summed E-state index contributed by atoms with van der Waals surface area (Å²) in [6.45, 7) is 0. The molecule has 0 aromatic heterocycles. The van der Waals surface area contributed by atoms with E-state index in [4.69, 9.17) is 15.6 Å². The first kappa shape index (κ1) is 12.5. The first-order valence-corrected chi connectivity index (χ1v) is 3.71. The van der Waals surface area contributed by atoms with Crippen LogP contribution in [0.15, 0.2) is 23.8 Å². The molecule has 5 heteroatoms. The minimum Gasteiger partial charge on any atom is -0.508 e. The fourth-order valence-electron chi connectivity index (χ4n) is 0.903. The monoisotopic (exact) mass is 204 g/mol. The lowest BCUT2D eigenvalue weighted by molar-refractivity contribution is 0.459. The average molecular weight is 204 g/mol. The van der Waals surface area contributed by atoms with Gasteiger partial charge in [-0.3, -0.25) is 0 Å². The van der Waals surface area contributed by atoms with Crippen LogP contribution in [-0.2, 0) is 0 Å².